The average molecular weight is 499 g/mol. The molecule has 1 heterocycles. The summed E-state index contributed by atoms with van der Waals surface area (Å²) in [6.45, 7) is 1.95. The molecule has 0 fully saturated rings. The highest BCUT2D eigenvalue weighted by atomic mass is 79.9. The quantitative estimate of drug-likeness (QED) is 0.482. The van der Waals surface area contributed by atoms with Gasteiger partial charge in [-0.1, -0.05) is 18.2 Å². The fourth-order valence-corrected chi connectivity index (χ4v) is 3.77. The molecule has 0 aliphatic heterocycles. The van der Waals surface area contributed by atoms with Crippen molar-refractivity contribution < 1.29 is 19.0 Å². The van der Waals surface area contributed by atoms with Gasteiger partial charge in [0.15, 0.2) is 18.1 Å². The van der Waals surface area contributed by atoms with Gasteiger partial charge in [0.2, 0.25) is 0 Å². The summed E-state index contributed by atoms with van der Waals surface area (Å²) in [6, 6.07) is 12.2. The van der Waals surface area contributed by atoms with E-state index in [1.54, 1.807) is 25.4 Å². The summed E-state index contributed by atoms with van der Waals surface area (Å²) in [5.74, 6) is 1.67. The van der Waals surface area contributed by atoms with Crippen LogP contribution in [0.2, 0.25) is 0 Å². The van der Waals surface area contributed by atoms with Crippen molar-refractivity contribution in [1.82, 2.24) is 14.9 Å². The maximum Gasteiger partial charge on any atom is 0.258 e. The number of carbonyl (C=O) groups excluding carboxylic acids is 1. The van der Waals surface area contributed by atoms with Crippen LogP contribution in [-0.2, 0) is 11.8 Å². The van der Waals surface area contributed by atoms with Gasteiger partial charge in [-0.3, -0.25) is 4.79 Å². The molecule has 1 N–H and O–H groups in total. The number of rotatable bonds is 9. The molecule has 3 aromatic rings. The van der Waals surface area contributed by atoms with E-state index in [0.29, 0.717) is 39.7 Å². The lowest BCUT2D eigenvalue weighted by molar-refractivity contribution is -0.123. The monoisotopic (exact) mass is 498 g/mol. The van der Waals surface area contributed by atoms with Gasteiger partial charge in [0.25, 0.3) is 5.91 Å². The Bertz CT molecular complexity index is 1140. The number of aryl methyl sites for hydroxylation is 1. The zero-order valence-electron chi connectivity index (χ0n) is 18.0. The van der Waals surface area contributed by atoms with E-state index in [4.69, 9.17) is 14.2 Å². The van der Waals surface area contributed by atoms with Crippen LogP contribution in [0.1, 0.15) is 29.9 Å². The molecule has 0 spiro atoms. The normalized spacial score (nSPS) is 11.3. The molecule has 0 aliphatic rings. The van der Waals surface area contributed by atoms with Crippen LogP contribution < -0.4 is 19.5 Å². The molecule has 0 radical (unpaired) electrons. The van der Waals surface area contributed by atoms with Crippen LogP contribution in [-0.4, -0.2) is 35.8 Å². The molecule has 1 amide bonds. The van der Waals surface area contributed by atoms with Gasteiger partial charge in [0.1, 0.15) is 17.6 Å². The van der Waals surface area contributed by atoms with Crippen molar-refractivity contribution in [2.24, 2.45) is 7.05 Å². The zero-order valence-corrected chi connectivity index (χ0v) is 19.5. The minimum atomic E-state index is -0.544. The number of methoxy groups -OCH3 is 1. The lowest BCUT2D eigenvalue weighted by Crippen LogP contribution is -2.34. The maximum absolute atomic E-state index is 12.9. The first-order valence-corrected chi connectivity index (χ1v) is 10.7. The SMILES string of the molecule is CCOc1cc(C#N)cc(Br)c1OCC(=O)NC(c1ccccc1OC)c1nccn1C. The third-order valence-corrected chi connectivity index (χ3v) is 5.25. The number of amides is 1. The van der Waals surface area contributed by atoms with Crippen LogP contribution in [0.15, 0.2) is 53.3 Å². The molecular formula is C23H23BrN4O4. The lowest BCUT2D eigenvalue weighted by atomic mass is 10.0. The average Bonchev–Trinajstić information content (AvgIpc) is 3.22. The Kier molecular flexibility index (Phi) is 7.73. The summed E-state index contributed by atoms with van der Waals surface area (Å²) >= 11 is 3.39. The first-order chi connectivity index (χ1) is 15.5. The maximum atomic E-state index is 12.9. The summed E-state index contributed by atoms with van der Waals surface area (Å²) in [4.78, 5) is 17.3. The Labute approximate surface area is 194 Å². The molecule has 3 rings (SSSR count). The first-order valence-electron chi connectivity index (χ1n) is 9.87. The third-order valence-electron chi connectivity index (χ3n) is 4.66. The number of nitrogens with zero attached hydrogens (tertiary/aromatic N) is 3. The molecule has 1 unspecified atom stereocenters. The van der Waals surface area contributed by atoms with Crippen molar-refractivity contribution in [1.29, 1.82) is 5.26 Å². The zero-order chi connectivity index (χ0) is 23.1. The van der Waals surface area contributed by atoms with Crippen LogP contribution in [0.3, 0.4) is 0 Å². The summed E-state index contributed by atoms with van der Waals surface area (Å²) in [7, 11) is 3.44. The number of nitrogens with one attached hydrogen (secondary N) is 1. The number of para-hydroxylation sites is 1. The number of ether oxygens (including phenoxy) is 3. The van der Waals surface area contributed by atoms with E-state index in [9.17, 15) is 10.1 Å². The molecule has 1 aromatic heterocycles. The lowest BCUT2D eigenvalue weighted by Gasteiger charge is -2.21. The second kappa shape index (κ2) is 10.7. The highest BCUT2D eigenvalue weighted by Gasteiger charge is 2.24. The van der Waals surface area contributed by atoms with Gasteiger partial charge >= 0.3 is 0 Å². The minimum absolute atomic E-state index is 0.263. The molecule has 166 valence electrons. The molecule has 1 atom stereocenters. The molecule has 32 heavy (non-hydrogen) atoms. The molecule has 0 saturated heterocycles. The van der Waals surface area contributed by atoms with Crippen molar-refractivity contribution in [2.45, 2.75) is 13.0 Å². The number of nitriles is 1. The van der Waals surface area contributed by atoms with Crippen molar-refractivity contribution in [2.75, 3.05) is 20.3 Å². The van der Waals surface area contributed by atoms with E-state index in [-0.39, 0.29) is 12.5 Å². The van der Waals surface area contributed by atoms with Crippen LogP contribution in [0.25, 0.3) is 0 Å². The highest BCUT2D eigenvalue weighted by molar-refractivity contribution is 9.10. The number of hydrogen-bond acceptors (Lipinski definition) is 6. The Morgan fingerprint density at radius 3 is 2.72 bits per heavy atom. The van der Waals surface area contributed by atoms with Crippen molar-refractivity contribution >= 4 is 21.8 Å². The smallest absolute Gasteiger partial charge is 0.258 e. The third kappa shape index (κ3) is 5.21. The van der Waals surface area contributed by atoms with Gasteiger partial charge in [-0.25, -0.2) is 4.98 Å². The second-order valence-corrected chi connectivity index (χ2v) is 7.61. The predicted octanol–water partition coefficient (Wildman–Crippen LogP) is 3.75. The predicted molar refractivity (Wildman–Crippen MR) is 122 cm³/mol. The fourth-order valence-electron chi connectivity index (χ4n) is 3.22. The Hall–Kier alpha value is -3.51. The van der Waals surface area contributed by atoms with Crippen LogP contribution >= 0.6 is 15.9 Å². The summed E-state index contributed by atoms with van der Waals surface area (Å²) in [5.41, 5.74) is 1.19. The number of halogens is 1. The standard InChI is InChI=1S/C23H23BrN4O4/c1-4-31-19-12-15(13-25)11-17(24)22(19)32-14-20(29)27-21(23-26-9-10-28(23)2)16-7-5-6-8-18(16)30-3/h5-12,21H,4,14H2,1-3H3,(H,27,29). The molecule has 0 aliphatic carbocycles. The van der Waals surface area contributed by atoms with Gasteiger partial charge in [-0.05, 0) is 35.0 Å². The van der Waals surface area contributed by atoms with Gasteiger partial charge in [0, 0.05) is 31.1 Å². The van der Waals surface area contributed by atoms with Crippen molar-refractivity contribution in [3.63, 3.8) is 0 Å². The van der Waals surface area contributed by atoms with E-state index in [2.05, 4.69) is 32.3 Å². The molecule has 0 saturated carbocycles. The summed E-state index contributed by atoms with van der Waals surface area (Å²) in [5, 5.41) is 12.2. The molecule has 8 nitrogen and oxygen atoms in total. The largest absolute Gasteiger partial charge is 0.496 e. The van der Waals surface area contributed by atoms with Crippen molar-refractivity contribution in [3.05, 3.63) is 70.2 Å². The minimum Gasteiger partial charge on any atom is -0.496 e. The number of hydrogen-bond donors (Lipinski definition) is 1. The number of imidazole rings is 1. The van der Waals surface area contributed by atoms with Gasteiger partial charge in [0.05, 0.1) is 29.8 Å². The topological polar surface area (TPSA) is 98.4 Å². The molecule has 2 aromatic carbocycles. The molecule has 9 heteroatoms. The summed E-state index contributed by atoms with van der Waals surface area (Å²) < 4.78 is 19.2. The van der Waals surface area contributed by atoms with Crippen LogP contribution in [0.4, 0.5) is 0 Å². The first kappa shape index (κ1) is 23.2. The van der Waals surface area contributed by atoms with Crippen LogP contribution in [0.5, 0.6) is 17.2 Å². The van der Waals surface area contributed by atoms with Crippen LogP contribution in [0, 0.1) is 11.3 Å². The van der Waals surface area contributed by atoms with E-state index in [0.717, 1.165) is 5.56 Å². The van der Waals surface area contributed by atoms with Crippen molar-refractivity contribution in [3.8, 4) is 23.3 Å². The van der Waals surface area contributed by atoms with Gasteiger partial charge < -0.3 is 24.1 Å². The van der Waals surface area contributed by atoms with E-state index in [1.807, 2.05) is 49.0 Å². The summed E-state index contributed by atoms with van der Waals surface area (Å²) in [6.07, 6.45) is 3.48. The van der Waals surface area contributed by atoms with Gasteiger partial charge in [-0.2, -0.15) is 5.26 Å². The van der Waals surface area contributed by atoms with E-state index in [1.165, 1.54) is 0 Å². The Morgan fingerprint density at radius 2 is 2.06 bits per heavy atom. The van der Waals surface area contributed by atoms with E-state index < -0.39 is 6.04 Å². The fraction of sp³-hybridized carbons (Fsp3) is 0.261. The number of benzene rings is 2. The number of aromatic nitrogens is 2. The Balaban J connectivity index is 1.83. The number of carbonyl (C=O) groups is 1. The van der Waals surface area contributed by atoms with E-state index >= 15 is 0 Å². The highest BCUT2D eigenvalue weighted by Crippen LogP contribution is 2.37. The molecular weight excluding hydrogens is 476 g/mol. The van der Waals surface area contributed by atoms with Gasteiger partial charge in [-0.15, -0.1) is 0 Å². The Morgan fingerprint density at radius 1 is 1.28 bits per heavy atom. The molecule has 0 bridgehead atoms. The second-order valence-electron chi connectivity index (χ2n) is 6.76.